The molecular weight excluding hydrogens is 463 g/mol. The fraction of sp³-hybridized carbons (Fsp3) is 0.759. The van der Waals surface area contributed by atoms with Gasteiger partial charge in [0.05, 0.1) is 12.9 Å². The Morgan fingerprint density at radius 2 is 1.56 bits per heavy atom. The number of unbranched alkanes of at least 4 members (excludes halogenated alkanes) is 11. The SMILES string of the molecule is CCCCCCCC/C=C\CCCCCCCC(=O)OC[C@H](Cc1cncn1C)[C@H](CC)C(=O)[O-].[Na+]. The van der Waals surface area contributed by atoms with E-state index in [2.05, 4.69) is 24.1 Å². The second-order valence-electron chi connectivity index (χ2n) is 9.81. The number of aromatic nitrogens is 2. The Kier molecular flexibility index (Phi) is 22.3. The predicted octanol–water partition coefficient (Wildman–Crippen LogP) is 2.94. The van der Waals surface area contributed by atoms with Gasteiger partial charge in [0.1, 0.15) is 0 Å². The van der Waals surface area contributed by atoms with Gasteiger partial charge in [-0.15, -0.1) is 0 Å². The second kappa shape index (κ2) is 23.0. The van der Waals surface area contributed by atoms with Gasteiger partial charge >= 0.3 is 35.5 Å². The van der Waals surface area contributed by atoms with E-state index in [1.807, 2.05) is 18.5 Å². The van der Waals surface area contributed by atoms with Crippen LogP contribution in [0.2, 0.25) is 0 Å². The van der Waals surface area contributed by atoms with Crippen molar-refractivity contribution >= 4 is 11.9 Å². The van der Waals surface area contributed by atoms with Crippen molar-refractivity contribution in [3.63, 3.8) is 0 Å². The first-order valence-electron chi connectivity index (χ1n) is 14.0. The van der Waals surface area contributed by atoms with Gasteiger partial charge in [0.25, 0.3) is 0 Å². The van der Waals surface area contributed by atoms with Crippen molar-refractivity contribution in [3.05, 3.63) is 30.4 Å². The van der Waals surface area contributed by atoms with Crippen LogP contribution in [-0.4, -0.2) is 28.1 Å². The first kappa shape index (κ1) is 34.9. The van der Waals surface area contributed by atoms with Gasteiger partial charge in [-0.05, 0) is 44.9 Å². The van der Waals surface area contributed by atoms with Crippen LogP contribution < -0.4 is 34.7 Å². The number of aliphatic carboxylic acids is 1. The number of carbonyl (C=O) groups is 2. The summed E-state index contributed by atoms with van der Waals surface area (Å²) < 4.78 is 7.34. The van der Waals surface area contributed by atoms with E-state index >= 15 is 0 Å². The van der Waals surface area contributed by atoms with Gasteiger partial charge in [-0.25, -0.2) is 4.98 Å². The van der Waals surface area contributed by atoms with Crippen LogP contribution in [0.25, 0.3) is 0 Å². The molecule has 0 N–H and O–H groups in total. The van der Waals surface area contributed by atoms with E-state index in [1.165, 1.54) is 57.8 Å². The number of ether oxygens (including phenoxy) is 1. The number of hydrogen-bond donors (Lipinski definition) is 0. The van der Waals surface area contributed by atoms with Crippen molar-refractivity contribution in [1.29, 1.82) is 0 Å². The number of carbonyl (C=O) groups excluding carboxylic acids is 2. The minimum Gasteiger partial charge on any atom is -0.550 e. The molecule has 0 aliphatic rings. The molecule has 36 heavy (non-hydrogen) atoms. The van der Waals surface area contributed by atoms with E-state index in [0.29, 0.717) is 19.3 Å². The molecule has 0 saturated carbocycles. The summed E-state index contributed by atoms with van der Waals surface area (Å²) in [7, 11) is 1.87. The number of carboxylic acids is 1. The Labute approximate surface area is 242 Å². The molecule has 1 rings (SSSR count). The molecule has 6 nitrogen and oxygen atoms in total. The van der Waals surface area contributed by atoms with Crippen molar-refractivity contribution in [2.75, 3.05) is 6.61 Å². The average Bonchev–Trinajstić information content (AvgIpc) is 3.24. The van der Waals surface area contributed by atoms with E-state index in [1.54, 1.807) is 12.5 Å². The van der Waals surface area contributed by atoms with Crippen molar-refractivity contribution < 1.29 is 49.0 Å². The third-order valence-corrected chi connectivity index (χ3v) is 6.80. The van der Waals surface area contributed by atoms with Crippen LogP contribution in [0.3, 0.4) is 0 Å². The summed E-state index contributed by atoms with van der Waals surface area (Å²) in [4.78, 5) is 27.9. The molecule has 7 heteroatoms. The van der Waals surface area contributed by atoms with Crippen molar-refractivity contribution in [1.82, 2.24) is 9.55 Å². The normalized spacial score (nSPS) is 12.9. The number of nitrogens with zero attached hydrogens (tertiary/aromatic N) is 2. The fourth-order valence-electron chi connectivity index (χ4n) is 4.47. The Morgan fingerprint density at radius 3 is 2.08 bits per heavy atom. The summed E-state index contributed by atoms with van der Waals surface area (Å²) >= 11 is 0. The van der Waals surface area contributed by atoms with Gasteiger partial charge in [0, 0.05) is 43.2 Å². The van der Waals surface area contributed by atoms with Crippen molar-refractivity contribution in [2.24, 2.45) is 18.9 Å². The van der Waals surface area contributed by atoms with Crippen LogP contribution in [0.15, 0.2) is 24.7 Å². The monoisotopic (exact) mass is 512 g/mol. The molecule has 0 aliphatic carbocycles. The van der Waals surface area contributed by atoms with Crippen LogP contribution >= 0.6 is 0 Å². The Bertz CT molecular complexity index is 720. The molecule has 200 valence electrons. The Hall–Kier alpha value is -1.11. The molecule has 0 aromatic carbocycles. The third kappa shape index (κ3) is 16.6. The zero-order chi connectivity index (χ0) is 25.7. The standard InChI is InChI=1S/C29H50N2O4.Na/c1-4-6-7-8-9-10-11-12-13-14-15-16-17-18-19-20-28(32)35-23-25(27(5-2)29(33)34)21-26-22-30-24-31(26)3;/h12-13,22,24-25,27H,4-11,14-21,23H2,1-3H3,(H,33,34);/q;+1/p-1/b13-12-;/t25-,27-;/m0./s1. The van der Waals surface area contributed by atoms with Crippen LogP contribution in [0.4, 0.5) is 0 Å². The van der Waals surface area contributed by atoms with Crippen LogP contribution in [0.5, 0.6) is 0 Å². The minimum atomic E-state index is -1.09. The van der Waals surface area contributed by atoms with Crippen molar-refractivity contribution in [2.45, 2.75) is 117 Å². The fourth-order valence-corrected chi connectivity index (χ4v) is 4.47. The first-order chi connectivity index (χ1) is 17.0. The molecule has 1 aromatic heterocycles. The maximum atomic E-state index is 12.2. The number of imidazole rings is 1. The smallest absolute Gasteiger partial charge is 0.550 e. The van der Waals surface area contributed by atoms with E-state index < -0.39 is 11.9 Å². The quantitative estimate of drug-likeness (QED) is 0.103. The number of rotatable bonds is 22. The van der Waals surface area contributed by atoms with E-state index in [-0.39, 0.29) is 48.1 Å². The molecule has 1 heterocycles. The van der Waals surface area contributed by atoms with E-state index in [9.17, 15) is 14.7 Å². The summed E-state index contributed by atoms with van der Waals surface area (Å²) in [5.74, 6) is -2.31. The van der Waals surface area contributed by atoms with Crippen molar-refractivity contribution in [3.8, 4) is 0 Å². The third-order valence-electron chi connectivity index (χ3n) is 6.80. The number of carboxylic acid groups (broad SMARTS) is 1. The van der Waals surface area contributed by atoms with Gasteiger partial charge in [-0.3, -0.25) is 4.79 Å². The van der Waals surface area contributed by atoms with Gasteiger partial charge in [0.15, 0.2) is 0 Å². The molecule has 0 fully saturated rings. The topological polar surface area (TPSA) is 84.2 Å². The summed E-state index contributed by atoms with van der Waals surface area (Å²) in [6, 6.07) is 0. The van der Waals surface area contributed by atoms with Crippen LogP contribution in [0.1, 0.15) is 116 Å². The first-order valence-corrected chi connectivity index (χ1v) is 14.0. The molecule has 0 saturated heterocycles. The molecule has 0 spiro atoms. The van der Waals surface area contributed by atoms with Crippen LogP contribution in [-0.2, 0) is 27.8 Å². The van der Waals surface area contributed by atoms with Gasteiger partial charge in [-0.2, -0.15) is 0 Å². The summed E-state index contributed by atoms with van der Waals surface area (Å²) in [6.07, 6.45) is 25.2. The summed E-state index contributed by atoms with van der Waals surface area (Å²) in [5.41, 5.74) is 0.919. The second-order valence-corrected chi connectivity index (χ2v) is 9.81. The number of aryl methyl sites for hydroxylation is 1. The van der Waals surface area contributed by atoms with Gasteiger partial charge in [-0.1, -0.05) is 77.4 Å². The molecule has 0 aliphatic heterocycles. The number of hydrogen-bond acceptors (Lipinski definition) is 5. The van der Waals surface area contributed by atoms with Crippen LogP contribution in [0, 0.1) is 11.8 Å². The van der Waals surface area contributed by atoms with Gasteiger partial charge in [0.2, 0.25) is 0 Å². The Balaban J connectivity index is 0.0000122. The minimum absolute atomic E-state index is 0. The summed E-state index contributed by atoms with van der Waals surface area (Å²) in [6.45, 7) is 4.18. The zero-order valence-electron chi connectivity index (χ0n) is 23.5. The molecule has 2 atom stereocenters. The number of esters is 1. The predicted molar refractivity (Wildman–Crippen MR) is 140 cm³/mol. The average molecular weight is 513 g/mol. The zero-order valence-corrected chi connectivity index (χ0v) is 25.5. The molecule has 1 aromatic rings. The number of allylic oxidation sites excluding steroid dienone is 2. The van der Waals surface area contributed by atoms with E-state index in [4.69, 9.17) is 4.74 Å². The molecule has 0 unspecified atom stereocenters. The molecule has 0 amide bonds. The Morgan fingerprint density at radius 1 is 0.972 bits per heavy atom. The maximum absolute atomic E-state index is 12.2. The van der Waals surface area contributed by atoms with E-state index in [0.717, 1.165) is 31.4 Å². The largest absolute Gasteiger partial charge is 1.00 e. The molecule has 0 radical (unpaired) electrons. The molecular formula is C29H49N2NaO4. The van der Waals surface area contributed by atoms with Gasteiger partial charge < -0.3 is 19.2 Å². The molecule has 0 bridgehead atoms. The maximum Gasteiger partial charge on any atom is 1.00 e. The summed E-state index contributed by atoms with van der Waals surface area (Å²) in [5, 5.41) is 11.6.